The van der Waals surface area contributed by atoms with Crippen molar-refractivity contribution in [2.75, 3.05) is 0 Å². The Kier molecular flexibility index (Phi) is 7.21. The minimum Gasteiger partial charge on any atom is -0.545 e. The largest absolute Gasteiger partial charge is 0.545 e. The topological polar surface area (TPSA) is 76.6 Å². The number of carbonyl (C=O) groups is 1. The first-order chi connectivity index (χ1) is 12.8. The third-order valence-electron chi connectivity index (χ3n) is 5.07. The summed E-state index contributed by atoms with van der Waals surface area (Å²) in [5, 5.41) is 12.0. The molecule has 0 aromatic heterocycles. The summed E-state index contributed by atoms with van der Waals surface area (Å²) < 4.78 is 1.95. The molecule has 28 heavy (non-hydrogen) atoms. The molecule has 0 amide bonds. The SMILES string of the molecule is Cc1c(C)c(-c2cc(Br)ccc2Br)c(C)c(Cc2ccccc2)c1C(=O)[O-].[NH4+]. The molecular formula is C23H23Br2NO2. The fourth-order valence-electron chi connectivity index (χ4n) is 3.61. The summed E-state index contributed by atoms with van der Waals surface area (Å²) >= 11 is 7.20. The molecular weight excluding hydrogens is 482 g/mol. The van der Waals surface area contributed by atoms with Crippen LogP contribution < -0.4 is 11.3 Å². The van der Waals surface area contributed by atoms with E-state index in [4.69, 9.17) is 0 Å². The van der Waals surface area contributed by atoms with E-state index in [1.54, 1.807) is 0 Å². The Morgan fingerprint density at radius 2 is 1.57 bits per heavy atom. The lowest BCUT2D eigenvalue weighted by Crippen LogP contribution is -2.26. The van der Waals surface area contributed by atoms with Gasteiger partial charge in [-0.15, -0.1) is 0 Å². The van der Waals surface area contributed by atoms with Gasteiger partial charge in [0.05, 0.1) is 5.97 Å². The quantitative estimate of drug-likeness (QED) is 0.463. The lowest BCUT2D eigenvalue weighted by Gasteiger charge is -2.24. The number of quaternary nitrogens is 1. The second-order valence-corrected chi connectivity index (χ2v) is 8.45. The third kappa shape index (κ3) is 4.22. The zero-order valence-corrected chi connectivity index (χ0v) is 19.6. The van der Waals surface area contributed by atoms with Gasteiger partial charge in [-0.1, -0.05) is 62.2 Å². The summed E-state index contributed by atoms with van der Waals surface area (Å²) in [5.41, 5.74) is 6.99. The standard InChI is InChI=1S/C23H20Br2O2.H3N/c1-13-14(2)22(23(26)27)18(11-16-7-5-4-6-8-16)15(3)21(13)19-12-17(24)9-10-20(19)25;/h4-10,12H,11H2,1-3H3,(H,26,27);1H3. The molecule has 146 valence electrons. The Bertz CT molecular complexity index is 1030. The lowest BCUT2D eigenvalue weighted by atomic mass is 9.83. The fourth-order valence-corrected chi connectivity index (χ4v) is 4.42. The zero-order valence-electron chi connectivity index (χ0n) is 16.4. The number of carboxylic acids is 1. The molecule has 0 aliphatic rings. The van der Waals surface area contributed by atoms with E-state index in [1.807, 2.05) is 63.2 Å². The molecule has 3 aromatic rings. The number of hydrogen-bond acceptors (Lipinski definition) is 2. The van der Waals surface area contributed by atoms with Crippen LogP contribution >= 0.6 is 31.9 Å². The first kappa shape index (κ1) is 22.3. The average molecular weight is 505 g/mol. The van der Waals surface area contributed by atoms with Crippen LogP contribution in [0.15, 0.2) is 57.5 Å². The Balaban J connectivity index is 0.00000280. The van der Waals surface area contributed by atoms with Gasteiger partial charge in [-0.25, -0.2) is 0 Å². The lowest BCUT2D eigenvalue weighted by molar-refractivity contribution is -0.255. The predicted molar refractivity (Wildman–Crippen MR) is 121 cm³/mol. The van der Waals surface area contributed by atoms with Crippen LogP contribution in [-0.2, 0) is 6.42 Å². The van der Waals surface area contributed by atoms with Crippen LogP contribution in [0.1, 0.15) is 38.2 Å². The molecule has 3 rings (SSSR count). The molecule has 0 atom stereocenters. The number of carboxylic acid groups (broad SMARTS) is 1. The number of hydrogen-bond donors (Lipinski definition) is 1. The number of carbonyl (C=O) groups excluding carboxylic acids is 1. The highest BCUT2D eigenvalue weighted by molar-refractivity contribution is 9.11. The fraction of sp³-hybridized carbons (Fsp3) is 0.174. The van der Waals surface area contributed by atoms with Crippen molar-refractivity contribution in [3.8, 4) is 11.1 Å². The van der Waals surface area contributed by atoms with E-state index in [0.29, 0.717) is 12.0 Å². The second kappa shape index (κ2) is 9.03. The van der Waals surface area contributed by atoms with Crippen molar-refractivity contribution in [3.63, 3.8) is 0 Å². The van der Waals surface area contributed by atoms with Gasteiger partial charge >= 0.3 is 0 Å². The van der Waals surface area contributed by atoms with Crippen LogP contribution in [0.5, 0.6) is 0 Å². The molecule has 0 saturated carbocycles. The third-order valence-corrected chi connectivity index (χ3v) is 6.25. The molecule has 4 N–H and O–H groups in total. The van der Waals surface area contributed by atoms with Crippen molar-refractivity contribution >= 4 is 37.8 Å². The van der Waals surface area contributed by atoms with Crippen molar-refractivity contribution in [1.82, 2.24) is 6.15 Å². The van der Waals surface area contributed by atoms with E-state index < -0.39 is 5.97 Å². The van der Waals surface area contributed by atoms with Crippen LogP contribution in [0.25, 0.3) is 11.1 Å². The molecule has 0 bridgehead atoms. The van der Waals surface area contributed by atoms with Crippen molar-refractivity contribution < 1.29 is 9.90 Å². The first-order valence-electron chi connectivity index (χ1n) is 8.64. The maximum absolute atomic E-state index is 12.0. The molecule has 5 heteroatoms. The van der Waals surface area contributed by atoms with E-state index in [9.17, 15) is 9.90 Å². The van der Waals surface area contributed by atoms with Gasteiger partial charge in [-0.3, -0.25) is 0 Å². The van der Waals surface area contributed by atoms with Gasteiger partial charge < -0.3 is 16.1 Å². The summed E-state index contributed by atoms with van der Waals surface area (Å²) in [5.74, 6) is -1.12. The van der Waals surface area contributed by atoms with Gasteiger partial charge in [0.1, 0.15) is 0 Å². The van der Waals surface area contributed by atoms with Gasteiger partial charge in [0, 0.05) is 14.5 Å². The van der Waals surface area contributed by atoms with E-state index in [-0.39, 0.29) is 6.15 Å². The molecule has 0 aliphatic carbocycles. The maximum Gasteiger partial charge on any atom is 0.0721 e. The van der Waals surface area contributed by atoms with E-state index in [0.717, 1.165) is 47.9 Å². The molecule has 0 radical (unpaired) electrons. The van der Waals surface area contributed by atoms with E-state index in [2.05, 4.69) is 37.9 Å². The molecule has 0 aliphatic heterocycles. The van der Waals surface area contributed by atoms with Crippen LogP contribution in [-0.4, -0.2) is 5.97 Å². The Hall–Kier alpha value is -1.95. The Labute approximate surface area is 182 Å². The predicted octanol–water partition coefficient (Wildman–Crippen LogP) is 6.13. The van der Waals surface area contributed by atoms with Crippen LogP contribution in [0.2, 0.25) is 0 Å². The first-order valence-corrected chi connectivity index (χ1v) is 10.2. The summed E-state index contributed by atoms with van der Waals surface area (Å²) in [6, 6.07) is 16.0. The Morgan fingerprint density at radius 3 is 2.18 bits per heavy atom. The number of halogens is 2. The Morgan fingerprint density at radius 1 is 0.929 bits per heavy atom. The van der Waals surface area contributed by atoms with E-state index in [1.165, 1.54) is 0 Å². The van der Waals surface area contributed by atoms with Crippen molar-refractivity contribution in [1.29, 1.82) is 0 Å². The molecule has 3 nitrogen and oxygen atoms in total. The molecule has 3 aromatic carbocycles. The minimum atomic E-state index is -1.12. The van der Waals surface area contributed by atoms with Gasteiger partial charge in [0.15, 0.2) is 0 Å². The average Bonchev–Trinajstić information content (AvgIpc) is 2.63. The van der Waals surface area contributed by atoms with Crippen molar-refractivity contribution in [2.24, 2.45) is 0 Å². The summed E-state index contributed by atoms with van der Waals surface area (Å²) in [6.45, 7) is 5.84. The maximum atomic E-state index is 12.0. The summed E-state index contributed by atoms with van der Waals surface area (Å²) in [7, 11) is 0. The molecule has 0 spiro atoms. The molecule has 0 unspecified atom stereocenters. The van der Waals surface area contributed by atoms with Gasteiger partial charge in [0.2, 0.25) is 0 Å². The zero-order chi connectivity index (χ0) is 19.7. The highest BCUT2D eigenvalue weighted by Gasteiger charge is 2.20. The molecule has 0 heterocycles. The normalized spacial score (nSPS) is 10.5. The highest BCUT2D eigenvalue weighted by atomic mass is 79.9. The highest BCUT2D eigenvalue weighted by Crippen LogP contribution is 2.39. The smallest absolute Gasteiger partial charge is 0.0721 e. The van der Waals surface area contributed by atoms with Crippen molar-refractivity contribution in [2.45, 2.75) is 27.2 Å². The van der Waals surface area contributed by atoms with Crippen LogP contribution in [0.4, 0.5) is 0 Å². The molecule has 0 fully saturated rings. The van der Waals surface area contributed by atoms with Gasteiger partial charge in [-0.2, -0.15) is 0 Å². The summed E-state index contributed by atoms with van der Waals surface area (Å²) in [4.78, 5) is 12.0. The molecule has 0 saturated heterocycles. The summed E-state index contributed by atoms with van der Waals surface area (Å²) in [6.07, 6.45) is 0.551. The minimum absolute atomic E-state index is 0. The number of benzene rings is 3. The number of aromatic carboxylic acids is 1. The monoisotopic (exact) mass is 503 g/mol. The van der Waals surface area contributed by atoms with Crippen molar-refractivity contribution in [3.05, 3.63) is 90.9 Å². The van der Waals surface area contributed by atoms with Gasteiger partial charge in [0.25, 0.3) is 0 Å². The number of rotatable bonds is 4. The second-order valence-electron chi connectivity index (χ2n) is 6.68. The van der Waals surface area contributed by atoms with Crippen LogP contribution in [0, 0.1) is 20.8 Å². The van der Waals surface area contributed by atoms with E-state index >= 15 is 0 Å². The van der Waals surface area contributed by atoms with Gasteiger partial charge in [-0.05, 0) is 84.3 Å². The van der Waals surface area contributed by atoms with Crippen LogP contribution in [0.3, 0.4) is 0 Å².